The molecule has 161 valence electrons. The predicted octanol–water partition coefficient (Wildman–Crippen LogP) is 4.84. The maximum atomic E-state index is 14.4. The highest BCUT2D eigenvalue weighted by Crippen LogP contribution is 2.33. The lowest BCUT2D eigenvalue weighted by atomic mass is 9.98. The number of nitrogens with one attached hydrogen (secondary N) is 2. The van der Waals surface area contributed by atoms with E-state index in [0.29, 0.717) is 10.8 Å². The van der Waals surface area contributed by atoms with Gasteiger partial charge in [-0.25, -0.2) is 19.7 Å². The molecule has 1 radical (unpaired) electrons. The number of hydrogen-bond donors (Lipinski definition) is 2. The van der Waals surface area contributed by atoms with Crippen LogP contribution in [-0.4, -0.2) is 34.1 Å². The quantitative estimate of drug-likeness (QED) is 0.595. The van der Waals surface area contributed by atoms with Gasteiger partial charge in [-0.15, -0.1) is 0 Å². The van der Waals surface area contributed by atoms with Crippen molar-refractivity contribution in [3.05, 3.63) is 64.8 Å². The van der Waals surface area contributed by atoms with E-state index in [4.69, 9.17) is 16.9 Å². The first-order valence-corrected chi connectivity index (χ1v) is 10.7. The second-order valence-corrected chi connectivity index (χ2v) is 8.39. The summed E-state index contributed by atoms with van der Waals surface area (Å²) >= 11 is 6.08. The summed E-state index contributed by atoms with van der Waals surface area (Å²) in [5.74, 6) is 0.660. The van der Waals surface area contributed by atoms with Crippen molar-refractivity contribution in [3.63, 3.8) is 0 Å². The van der Waals surface area contributed by atoms with Gasteiger partial charge in [-0.2, -0.15) is 0 Å². The molecular formula is C23H25ClFN6. The van der Waals surface area contributed by atoms with Crippen LogP contribution in [0.1, 0.15) is 43.9 Å². The second kappa shape index (κ2) is 9.26. The molecule has 8 heteroatoms. The third kappa shape index (κ3) is 4.69. The Morgan fingerprint density at radius 3 is 2.84 bits per heavy atom. The average Bonchev–Trinajstić information content (AvgIpc) is 2.76. The summed E-state index contributed by atoms with van der Waals surface area (Å²) in [7, 11) is 0. The molecule has 2 aromatic heterocycles. The Balaban J connectivity index is 1.75. The molecule has 0 bridgehead atoms. The smallest absolute Gasteiger partial charge is 0.164 e. The number of pyridine rings is 1. The molecule has 3 heterocycles. The molecule has 0 saturated carbocycles. The van der Waals surface area contributed by atoms with Gasteiger partial charge in [0.1, 0.15) is 11.6 Å². The molecule has 1 saturated heterocycles. The van der Waals surface area contributed by atoms with Crippen molar-refractivity contribution in [3.8, 4) is 11.4 Å². The van der Waals surface area contributed by atoms with Gasteiger partial charge in [-0.05, 0) is 37.1 Å². The van der Waals surface area contributed by atoms with Crippen LogP contribution >= 0.6 is 11.6 Å². The summed E-state index contributed by atoms with van der Waals surface area (Å²) in [6.45, 7) is 7.89. The maximum absolute atomic E-state index is 14.4. The number of aromatic nitrogens is 3. The minimum Gasteiger partial charge on any atom is -0.340 e. The summed E-state index contributed by atoms with van der Waals surface area (Å²) in [5.41, 5.74) is 3.06. The van der Waals surface area contributed by atoms with Crippen LogP contribution in [0.3, 0.4) is 0 Å². The fourth-order valence-electron chi connectivity index (χ4n) is 3.73. The zero-order valence-electron chi connectivity index (χ0n) is 17.7. The van der Waals surface area contributed by atoms with Crippen LogP contribution in [0.5, 0.6) is 0 Å². The average molecular weight is 440 g/mol. The third-order valence-corrected chi connectivity index (χ3v) is 5.64. The Hall–Kier alpha value is -2.61. The van der Waals surface area contributed by atoms with Crippen molar-refractivity contribution in [1.29, 1.82) is 0 Å². The van der Waals surface area contributed by atoms with Crippen molar-refractivity contribution < 1.29 is 4.39 Å². The molecule has 0 amide bonds. The van der Waals surface area contributed by atoms with Gasteiger partial charge in [-0.1, -0.05) is 25.4 Å². The van der Waals surface area contributed by atoms with Crippen LogP contribution in [0.4, 0.5) is 15.9 Å². The van der Waals surface area contributed by atoms with Crippen LogP contribution in [0.25, 0.3) is 11.4 Å². The minimum absolute atomic E-state index is 0.0147. The zero-order valence-corrected chi connectivity index (χ0v) is 18.5. The second-order valence-electron chi connectivity index (χ2n) is 7.96. The monoisotopic (exact) mass is 439 g/mol. The van der Waals surface area contributed by atoms with E-state index in [-0.39, 0.29) is 29.4 Å². The number of halogens is 2. The molecule has 1 aromatic carbocycles. The van der Waals surface area contributed by atoms with Crippen LogP contribution in [0.2, 0.25) is 5.02 Å². The SMILES string of the molecule is CC(C)c1cnc(-c2cc(Cl)ccc2F)nc1Nc1ccncc1C1[N]CCNC1C. The molecule has 2 atom stereocenters. The van der Waals surface area contributed by atoms with E-state index in [1.54, 1.807) is 12.4 Å². The lowest BCUT2D eigenvalue weighted by Gasteiger charge is -2.31. The molecule has 3 aromatic rings. The van der Waals surface area contributed by atoms with E-state index in [0.717, 1.165) is 29.9 Å². The number of nitrogens with zero attached hydrogens (tertiary/aromatic N) is 4. The normalized spacial score (nSPS) is 18.9. The number of anilines is 2. The first-order chi connectivity index (χ1) is 14.9. The fourth-order valence-corrected chi connectivity index (χ4v) is 3.90. The van der Waals surface area contributed by atoms with Crippen LogP contribution < -0.4 is 16.0 Å². The fraction of sp³-hybridized carbons (Fsp3) is 0.348. The van der Waals surface area contributed by atoms with Crippen LogP contribution in [0, 0.1) is 5.82 Å². The van der Waals surface area contributed by atoms with Crippen molar-refractivity contribution in [1.82, 2.24) is 25.6 Å². The van der Waals surface area contributed by atoms with Gasteiger partial charge in [0.25, 0.3) is 0 Å². The van der Waals surface area contributed by atoms with E-state index < -0.39 is 5.82 Å². The van der Waals surface area contributed by atoms with Gasteiger partial charge in [0, 0.05) is 59.6 Å². The highest BCUT2D eigenvalue weighted by molar-refractivity contribution is 6.30. The molecule has 31 heavy (non-hydrogen) atoms. The highest BCUT2D eigenvalue weighted by Gasteiger charge is 2.26. The standard InChI is InChI=1S/C23H25ClFN6/c1-13(2)17-12-29-22(16-10-15(24)4-5-19(16)25)31-23(17)30-20-6-7-26-11-18(20)21-14(3)27-8-9-28-21/h4-7,10-14,21,27H,8-9H2,1-3H3,(H,26,29,30,31). The lowest BCUT2D eigenvalue weighted by molar-refractivity contribution is 0.339. The van der Waals surface area contributed by atoms with Crippen molar-refractivity contribution in [2.45, 2.75) is 38.8 Å². The Labute approximate surface area is 186 Å². The minimum atomic E-state index is -0.418. The third-order valence-electron chi connectivity index (χ3n) is 5.41. The molecule has 2 N–H and O–H groups in total. The van der Waals surface area contributed by atoms with Crippen molar-refractivity contribution >= 4 is 23.1 Å². The summed E-state index contributed by atoms with van der Waals surface area (Å²) in [6.07, 6.45) is 5.32. The summed E-state index contributed by atoms with van der Waals surface area (Å²) in [4.78, 5) is 13.4. The molecule has 6 nitrogen and oxygen atoms in total. The summed E-state index contributed by atoms with van der Waals surface area (Å²) < 4.78 is 14.4. The largest absolute Gasteiger partial charge is 0.340 e. The molecule has 1 aliphatic heterocycles. The van der Waals surface area contributed by atoms with Gasteiger partial charge in [-0.3, -0.25) is 4.98 Å². The predicted molar refractivity (Wildman–Crippen MR) is 121 cm³/mol. The maximum Gasteiger partial charge on any atom is 0.164 e. The van der Waals surface area contributed by atoms with Gasteiger partial charge in [0.2, 0.25) is 0 Å². The first-order valence-electron chi connectivity index (χ1n) is 10.4. The van der Waals surface area contributed by atoms with Crippen LogP contribution in [0.15, 0.2) is 42.9 Å². The van der Waals surface area contributed by atoms with E-state index in [2.05, 4.69) is 46.4 Å². The highest BCUT2D eigenvalue weighted by atomic mass is 35.5. The molecule has 4 rings (SSSR count). The van der Waals surface area contributed by atoms with Gasteiger partial charge in [0.05, 0.1) is 11.6 Å². The Morgan fingerprint density at radius 2 is 2.06 bits per heavy atom. The molecular weight excluding hydrogens is 415 g/mol. The van der Waals surface area contributed by atoms with Gasteiger partial charge in [0.15, 0.2) is 5.82 Å². The molecule has 1 fully saturated rings. The van der Waals surface area contributed by atoms with E-state index >= 15 is 0 Å². The van der Waals surface area contributed by atoms with E-state index in [1.165, 1.54) is 18.2 Å². The van der Waals surface area contributed by atoms with Gasteiger partial charge < -0.3 is 10.6 Å². The lowest BCUT2D eigenvalue weighted by Crippen LogP contribution is -2.45. The molecule has 1 aliphatic rings. The van der Waals surface area contributed by atoms with E-state index in [1.807, 2.05) is 12.3 Å². The molecule has 0 aliphatic carbocycles. The Kier molecular flexibility index (Phi) is 6.46. The number of benzene rings is 1. The Morgan fingerprint density at radius 1 is 1.23 bits per heavy atom. The molecule has 2 unspecified atom stereocenters. The first kappa shape index (κ1) is 21.6. The number of piperazine rings is 1. The van der Waals surface area contributed by atoms with Crippen molar-refractivity contribution in [2.75, 3.05) is 18.4 Å². The number of rotatable bonds is 5. The number of hydrogen-bond acceptors (Lipinski definition) is 5. The van der Waals surface area contributed by atoms with E-state index in [9.17, 15) is 4.39 Å². The summed E-state index contributed by atoms with van der Waals surface area (Å²) in [5, 5.41) is 12.1. The summed E-state index contributed by atoms with van der Waals surface area (Å²) in [6, 6.07) is 6.47. The van der Waals surface area contributed by atoms with Gasteiger partial charge >= 0.3 is 0 Å². The van der Waals surface area contributed by atoms with Crippen LogP contribution in [-0.2, 0) is 0 Å². The molecule has 0 spiro atoms. The Bertz CT molecular complexity index is 1070. The van der Waals surface area contributed by atoms with Crippen molar-refractivity contribution in [2.24, 2.45) is 0 Å². The zero-order chi connectivity index (χ0) is 22.0. The topological polar surface area (TPSA) is 76.8 Å².